The van der Waals surface area contributed by atoms with E-state index in [-0.39, 0.29) is 5.91 Å². The fraction of sp³-hybridized carbons (Fsp3) is 0.435. The van der Waals surface area contributed by atoms with Crippen LogP contribution in [-0.2, 0) is 9.53 Å². The van der Waals surface area contributed by atoms with E-state index in [0.29, 0.717) is 19.6 Å². The molecule has 0 radical (unpaired) electrons. The summed E-state index contributed by atoms with van der Waals surface area (Å²) < 4.78 is 11.2. The minimum Gasteiger partial charge on any atom is -0.492 e. The van der Waals surface area contributed by atoms with Crippen LogP contribution in [0.15, 0.2) is 48.5 Å². The topological polar surface area (TPSA) is 54.0 Å². The third-order valence-corrected chi connectivity index (χ3v) is 5.07. The molecule has 2 aromatic carbocycles. The number of hydrogen-bond donors (Lipinski definition) is 1. The van der Waals surface area contributed by atoms with Crippen molar-refractivity contribution in [3.63, 3.8) is 0 Å². The lowest BCUT2D eigenvalue weighted by atomic mass is 10.2. The molecular weight excluding hydrogens is 366 g/mol. The van der Waals surface area contributed by atoms with Crippen molar-refractivity contribution in [2.45, 2.75) is 13.3 Å². The van der Waals surface area contributed by atoms with Gasteiger partial charge in [-0.25, -0.2) is 0 Å². The second-order valence-corrected chi connectivity index (χ2v) is 7.36. The Labute approximate surface area is 173 Å². The lowest BCUT2D eigenvalue weighted by molar-refractivity contribution is -0.116. The molecular formula is C23H31N3O3. The van der Waals surface area contributed by atoms with Crippen LogP contribution in [0.2, 0.25) is 0 Å². The largest absolute Gasteiger partial charge is 0.492 e. The Balaban J connectivity index is 1.35. The van der Waals surface area contributed by atoms with Gasteiger partial charge in [-0.1, -0.05) is 18.2 Å². The molecule has 0 saturated carbocycles. The van der Waals surface area contributed by atoms with Crippen molar-refractivity contribution in [2.75, 3.05) is 63.3 Å². The number of likely N-dealkylation sites (N-methyl/N-ethyl adjacent to an activating group) is 1. The van der Waals surface area contributed by atoms with Crippen molar-refractivity contribution in [1.29, 1.82) is 0 Å². The maximum absolute atomic E-state index is 12.2. The molecule has 1 amide bonds. The molecule has 0 aliphatic carbocycles. The van der Waals surface area contributed by atoms with Gasteiger partial charge in [-0.2, -0.15) is 0 Å². The summed E-state index contributed by atoms with van der Waals surface area (Å²) in [6, 6.07) is 16.0. The average Bonchev–Trinajstić information content (AvgIpc) is 2.75. The number of morpholine rings is 1. The molecule has 6 nitrogen and oxygen atoms in total. The van der Waals surface area contributed by atoms with Gasteiger partial charge in [0.1, 0.15) is 12.4 Å². The Kier molecular flexibility index (Phi) is 7.90. The summed E-state index contributed by atoms with van der Waals surface area (Å²) in [4.78, 5) is 16.7. The van der Waals surface area contributed by atoms with Gasteiger partial charge in [0, 0.05) is 44.0 Å². The van der Waals surface area contributed by atoms with Crippen LogP contribution in [0.1, 0.15) is 12.0 Å². The summed E-state index contributed by atoms with van der Waals surface area (Å²) in [7, 11) is 2.01. The van der Waals surface area contributed by atoms with Crippen molar-refractivity contribution in [1.82, 2.24) is 4.90 Å². The molecule has 29 heavy (non-hydrogen) atoms. The Morgan fingerprint density at radius 2 is 1.83 bits per heavy atom. The van der Waals surface area contributed by atoms with Crippen molar-refractivity contribution in [3.05, 3.63) is 54.1 Å². The molecule has 0 bridgehead atoms. The van der Waals surface area contributed by atoms with Crippen LogP contribution in [0.5, 0.6) is 5.75 Å². The Morgan fingerprint density at radius 3 is 2.55 bits per heavy atom. The van der Waals surface area contributed by atoms with E-state index < -0.39 is 0 Å². The van der Waals surface area contributed by atoms with E-state index in [1.165, 1.54) is 5.69 Å². The predicted molar refractivity (Wildman–Crippen MR) is 117 cm³/mol. The van der Waals surface area contributed by atoms with E-state index >= 15 is 0 Å². The highest BCUT2D eigenvalue weighted by Gasteiger charge is 2.11. The van der Waals surface area contributed by atoms with E-state index in [2.05, 4.69) is 27.2 Å². The first-order chi connectivity index (χ1) is 14.1. The standard InChI is InChI=1S/C23H31N3O3/c1-19-5-3-4-6-22(19)29-18-13-25(2)12-11-23(27)24-20-7-9-21(10-8-20)26-14-16-28-17-15-26/h3-10H,11-18H2,1-2H3,(H,24,27). The number of para-hydroxylation sites is 1. The van der Waals surface area contributed by atoms with E-state index in [0.717, 1.165) is 49.8 Å². The number of hydrogen-bond acceptors (Lipinski definition) is 5. The lowest BCUT2D eigenvalue weighted by Gasteiger charge is -2.28. The minimum atomic E-state index is 0.0239. The van der Waals surface area contributed by atoms with Gasteiger partial charge in [-0.3, -0.25) is 4.79 Å². The number of carbonyl (C=O) groups excluding carboxylic acids is 1. The monoisotopic (exact) mass is 397 g/mol. The van der Waals surface area contributed by atoms with Crippen LogP contribution >= 0.6 is 0 Å². The van der Waals surface area contributed by atoms with E-state index in [1.54, 1.807) is 0 Å². The highest BCUT2D eigenvalue weighted by molar-refractivity contribution is 5.91. The predicted octanol–water partition coefficient (Wildman–Crippen LogP) is 3.17. The number of anilines is 2. The first-order valence-electron chi connectivity index (χ1n) is 10.2. The smallest absolute Gasteiger partial charge is 0.225 e. The summed E-state index contributed by atoms with van der Waals surface area (Å²) in [5.41, 5.74) is 3.13. The molecule has 156 valence electrons. The van der Waals surface area contributed by atoms with Gasteiger partial charge in [0.2, 0.25) is 5.91 Å². The number of carbonyl (C=O) groups is 1. The zero-order valence-electron chi connectivity index (χ0n) is 17.4. The number of nitrogens with zero attached hydrogens (tertiary/aromatic N) is 2. The van der Waals surface area contributed by atoms with Crippen LogP contribution < -0.4 is 15.0 Å². The van der Waals surface area contributed by atoms with Gasteiger partial charge < -0.3 is 24.6 Å². The van der Waals surface area contributed by atoms with Crippen molar-refractivity contribution in [3.8, 4) is 5.75 Å². The van der Waals surface area contributed by atoms with E-state index in [1.807, 2.05) is 50.4 Å². The second kappa shape index (κ2) is 10.8. The molecule has 1 saturated heterocycles. The molecule has 6 heteroatoms. The highest BCUT2D eigenvalue weighted by Crippen LogP contribution is 2.19. The molecule has 1 aliphatic heterocycles. The van der Waals surface area contributed by atoms with Crippen molar-refractivity contribution >= 4 is 17.3 Å². The van der Waals surface area contributed by atoms with Crippen LogP contribution in [0, 0.1) is 6.92 Å². The molecule has 0 atom stereocenters. The van der Waals surface area contributed by atoms with Crippen molar-refractivity contribution in [2.24, 2.45) is 0 Å². The summed E-state index contributed by atoms with van der Waals surface area (Å²) >= 11 is 0. The Bertz CT molecular complexity index is 773. The first kappa shape index (κ1) is 21.1. The molecule has 1 aliphatic rings. The third-order valence-electron chi connectivity index (χ3n) is 5.07. The fourth-order valence-electron chi connectivity index (χ4n) is 3.23. The number of ether oxygens (including phenoxy) is 2. The van der Waals surface area contributed by atoms with Crippen LogP contribution in [0.3, 0.4) is 0 Å². The van der Waals surface area contributed by atoms with E-state index in [9.17, 15) is 4.79 Å². The molecule has 3 rings (SSSR count). The molecule has 1 N–H and O–H groups in total. The third kappa shape index (κ3) is 6.76. The average molecular weight is 398 g/mol. The number of amides is 1. The summed E-state index contributed by atoms with van der Waals surface area (Å²) in [5.74, 6) is 0.940. The Hall–Kier alpha value is -2.57. The lowest BCUT2D eigenvalue weighted by Crippen LogP contribution is -2.36. The van der Waals surface area contributed by atoms with E-state index in [4.69, 9.17) is 9.47 Å². The molecule has 0 unspecified atom stereocenters. The zero-order chi connectivity index (χ0) is 20.5. The molecule has 0 aromatic heterocycles. The SMILES string of the molecule is Cc1ccccc1OCCN(C)CCC(=O)Nc1ccc(N2CCOCC2)cc1. The number of rotatable bonds is 9. The van der Waals surface area contributed by atoms with Gasteiger partial charge in [0.25, 0.3) is 0 Å². The number of nitrogens with one attached hydrogen (secondary N) is 1. The minimum absolute atomic E-state index is 0.0239. The summed E-state index contributed by atoms with van der Waals surface area (Å²) in [6.07, 6.45) is 0.450. The summed E-state index contributed by atoms with van der Waals surface area (Å²) in [6.45, 7) is 7.45. The highest BCUT2D eigenvalue weighted by atomic mass is 16.5. The number of aryl methyl sites for hydroxylation is 1. The zero-order valence-corrected chi connectivity index (χ0v) is 17.4. The number of benzene rings is 2. The Morgan fingerprint density at radius 1 is 1.10 bits per heavy atom. The summed E-state index contributed by atoms with van der Waals surface area (Å²) in [5, 5.41) is 2.98. The van der Waals surface area contributed by atoms with Crippen LogP contribution in [0.4, 0.5) is 11.4 Å². The molecule has 0 spiro atoms. The molecule has 2 aromatic rings. The van der Waals surface area contributed by atoms with Gasteiger partial charge in [0.15, 0.2) is 0 Å². The van der Waals surface area contributed by atoms with Crippen LogP contribution in [-0.4, -0.2) is 63.9 Å². The van der Waals surface area contributed by atoms with Gasteiger partial charge >= 0.3 is 0 Å². The van der Waals surface area contributed by atoms with Gasteiger partial charge in [-0.05, 0) is 49.9 Å². The maximum Gasteiger partial charge on any atom is 0.225 e. The van der Waals surface area contributed by atoms with Crippen molar-refractivity contribution < 1.29 is 14.3 Å². The molecule has 1 fully saturated rings. The second-order valence-electron chi connectivity index (χ2n) is 7.36. The normalized spacial score (nSPS) is 14.1. The first-order valence-corrected chi connectivity index (χ1v) is 10.2. The molecule has 1 heterocycles. The van der Waals surface area contributed by atoms with Crippen LogP contribution in [0.25, 0.3) is 0 Å². The fourth-order valence-corrected chi connectivity index (χ4v) is 3.23. The quantitative estimate of drug-likeness (QED) is 0.704. The van der Waals surface area contributed by atoms with Gasteiger partial charge in [-0.15, -0.1) is 0 Å². The maximum atomic E-state index is 12.2. The van der Waals surface area contributed by atoms with Gasteiger partial charge in [0.05, 0.1) is 13.2 Å².